The Morgan fingerprint density at radius 3 is 2.95 bits per heavy atom. The van der Waals surface area contributed by atoms with E-state index in [0.29, 0.717) is 0 Å². The van der Waals surface area contributed by atoms with E-state index in [1.165, 1.54) is 5.56 Å². The normalized spacial score (nSPS) is 13.6. The molecule has 0 bridgehead atoms. The predicted molar refractivity (Wildman–Crippen MR) is 75.6 cm³/mol. The fraction of sp³-hybridized carbons (Fsp3) is 0.333. The highest BCUT2D eigenvalue weighted by Crippen LogP contribution is 2.29. The number of aryl methyl sites for hydroxylation is 2. The molecular formula is C15H17N3O. The van der Waals surface area contributed by atoms with E-state index in [4.69, 9.17) is 4.74 Å². The quantitative estimate of drug-likeness (QED) is 0.896. The van der Waals surface area contributed by atoms with Gasteiger partial charge in [-0.3, -0.25) is 0 Å². The fourth-order valence-corrected chi connectivity index (χ4v) is 2.36. The average Bonchev–Trinajstić information content (AvgIpc) is 2.46. The van der Waals surface area contributed by atoms with Crippen molar-refractivity contribution in [2.45, 2.75) is 19.8 Å². The number of aromatic nitrogens is 2. The maximum atomic E-state index is 5.64. The Bertz CT molecular complexity index is 610. The van der Waals surface area contributed by atoms with Crippen LogP contribution in [0.15, 0.2) is 24.3 Å². The summed E-state index contributed by atoms with van der Waals surface area (Å²) in [6.45, 7) is 2.73. The van der Waals surface area contributed by atoms with Gasteiger partial charge >= 0.3 is 0 Å². The van der Waals surface area contributed by atoms with Crippen LogP contribution in [0.25, 0.3) is 11.3 Å². The lowest BCUT2D eigenvalue weighted by molar-refractivity contribution is 0.288. The number of ether oxygens (including phenoxy) is 1. The molecule has 1 aromatic heterocycles. The molecule has 0 spiro atoms. The van der Waals surface area contributed by atoms with Crippen molar-refractivity contribution in [2.24, 2.45) is 0 Å². The SMILES string of the molecule is CNc1cc(-c2ccc3c(c2)CCCO3)nc(C)n1. The van der Waals surface area contributed by atoms with Crippen molar-refractivity contribution in [1.29, 1.82) is 0 Å². The van der Waals surface area contributed by atoms with Crippen LogP contribution in [-0.2, 0) is 6.42 Å². The van der Waals surface area contributed by atoms with Crippen molar-refractivity contribution in [3.63, 3.8) is 0 Å². The van der Waals surface area contributed by atoms with Gasteiger partial charge in [0.05, 0.1) is 12.3 Å². The van der Waals surface area contributed by atoms with Crippen LogP contribution in [0, 0.1) is 6.92 Å². The van der Waals surface area contributed by atoms with Crippen molar-refractivity contribution in [3.05, 3.63) is 35.7 Å². The molecule has 4 heteroatoms. The minimum atomic E-state index is 0.774. The molecule has 2 aromatic rings. The van der Waals surface area contributed by atoms with E-state index in [-0.39, 0.29) is 0 Å². The van der Waals surface area contributed by atoms with E-state index in [2.05, 4.69) is 27.4 Å². The van der Waals surface area contributed by atoms with Crippen molar-refractivity contribution in [3.8, 4) is 17.0 Å². The highest BCUT2D eigenvalue weighted by Gasteiger charge is 2.12. The minimum Gasteiger partial charge on any atom is -0.493 e. The Balaban J connectivity index is 2.04. The number of nitrogens with one attached hydrogen (secondary N) is 1. The van der Waals surface area contributed by atoms with E-state index >= 15 is 0 Å². The van der Waals surface area contributed by atoms with E-state index in [0.717, 1.165) is 48.1 Å². The number of fused-ring (bicyclic) bond motifs is 1. The summed E-state index contributed by atoms with van der Waals surface area (Å²) in [5.74, 6) is 2.63. The molecule has 19 heavy (non-hydrogen) atoms. The summed E-state index contributed by atoms with van der Waals surface area (Å²) in [6.07, 6.45) is 2.16. The molecule has 0 radical (unpaired) electrons. The highest BCUT2D eigenvalue weighted by molar-refractivity contribution is 5.65. The average molecular weight is 255 g/mol. The molecule has 4 nitrogen and oxygen atoms in total. The number of hydrogen-bond acceptors (Lipinski definition) is 4. The topological polar surface area (TPSA) is 47.0 Å². The molecular weight excluding hydrogens is 238 g/mol. The Kier molecular flexibility index (Phi) is 3.07. The van der Waals surface area contributed by atoms with Crippen LogP contribution in [0.2, 0.25) is 0 Å². The summed E-state index contributed by atoms with van der Waals surface area (Å²) in [5.41, 5.74) is 3.34. The third-order valence-corrected chi connectivity index (χ3v) is 3.30. The van der Waals surface area contributed by atoms with Crippen LogP contribution in [0.5, 0.6) is 5.75 Å². The largest absolute Gasteiger partial charge is 0.493 e. The van der Waals surface area contributed by atoms with Crippen LogP contribution in [0.1, 0.15) is 17.8 Å². The lowest BCUT2D eigenvalue weighted by Crippen LogP contribution is -2.08. The second kappa shape index (κ2) is 4.88. The van der Waals surface area contributed by atoms with Gasteiger partial charge in [0.25, 0.3) is 0 Å². The van der Waals surface area contributed by atoms with Crippen LogP contribution < -0.4 is 10.1 Å². The molecule has 1 aliphatic rings. The minimum absolute atomic E-state index is 0.774. The van der Waals surface area contributed by atoms with Gasteiger partial charge in [-0.2, -0.15) is 0 Å². The van der Waals surface area contributed by atoms with Crippen molar-refractivity contribution in [1.82, 2.24) is 9.97 Å². The molecule has 0 aliphatic carbocycles. The highest BCUT2D eigenvalue weighted by atomic mass is 16.5. The van der Waals surface area contributed by atoms with E-state index in [9.17, 15) is 0 Å². The molecule has 0 unspecified atom stereocenters. The number of hydrogen-bond donors (Lipinski definition) is 1. The second-order valence-electron chi connectivity index (χ2n) is 4.71. The monoisotopic (exact) mass is 255 g/mol. The Labute approximate surface area is 112 Å². The zero-order chi connectivity index (χ0) is 13.2. The first kappa shape index (κ1) is 12.0. The zero-order valence-corrected chi connectivity index (χ0v) is 11.2. The summed E-state index contributed by atoms with van der Waals surface area (Å²) in [7, 11) is 1.87. The lowest BCUT2D eigenvalue weighted by atomic mass is 10.0. The molecule has 2 heterocycles. The van der Waals surface area contributed by atoms with Gasteiger partial charge in [-0.05, 0) is 43.5 Å². The van der Waals surface area contributed by atoms with Gasteiger partial charge in [-0.25, -0.2) is 9.97 Å². The standard InChI is InChI=1S/C15H17N3O/c1-10-17-13(9-15(16-2)18-10)11-5-6-14-12(8-11)4-3-7-19-14/h5-6,8-9H,3-4,7H2,1-2H3,(H,16,17,18). The smallest absolute Gasteiger partial charge is 0.130 e. The van der Waals surface area contributed by atoms with Crippen molar-refractivity contribution >= 4 is 5.82 Å². The first-order valence-electron chi connectivity index (χ1n) is 6.56. The maximum Gasteiger partial charge on any atom is 0.130 e. The van der Waals surface area contributed by atoms with Crippen LogP contribution in [0.4, 0.5) is 5.82 Å². The van der Waals surface area contributed by atoms with Gasteiger partial charge in [0.2, 0.25) is 0 Å². The Morgan fingerprint density at radius 2 is 2.11 bits per heavy atom. The lowest BCUT2D eigenvalue weighted by Gasteiger charge is -2.17. The van der Waals surface area contributed by atoms with Crippen LogP contribution in [0.3, 0.4) is 0 Å². The first-order valence-corrected chi connectivity index (χ1v) is 6.56. The number of nitrogens with zero attached hydrogens (tertiary/aromatic N) is 2. The molecule has 1 aliphatic heterocycles. The number of benzene rings is 1. The summed E-state index contributed by atoms with van der Waals surface area (Å²) >= 11 is 0. The molecule has 0 saturated carbocycles. The van der Waals surface area contributed by atoms with Crippen molar-refractivity contribution < 1.29 is 4.74 Å². The van der Waals surface area contributed by atoms with E-state index in [1.807, 2.05) is 26.1 Å². The molecule has 98 valence electrons. The molecule has 0 atom stereocenters. The van der Waals surface area contributed by atoms with Gasteiger partial charge in [0, 0.05) is 18.7 Å². The zero-order valence-electron chi connectivity index (χ0n) is 11.2. The predicted octanol–water partition coefficient (Wildman–Crippen LogP) is 2.82. The van der Waals surface area contributed by atoms with Crippen LogP contribution >= 0.6 is 0 Å². The fourth-order valence-electron chi connectivity index (χ4n) is 2.36. The first-order chi connectivity index (χ1) is 9.26. The van der Waals surface area contributed by atoms with E-state index < -0.39 is 0 Å². The van der Waals surface area contributed by atoms with Gasteiger partial charge in [0.1, 0.15) is 17.4 Å². The summed E-state index contributed by atoms with van der Waals surface area (Å²) in [4.78, 5) is 8.83. The summed E-state index contributed by atoms with van der Waals surface area (Å²) in [5, 5.41) is 3.06. The molecule has 0 saturated heterocycles. The molecule has 1 aromatic carbocycles. The van der Waals surface area contributed by atoms with Gasteiger partial charge in [-0.15, -0.1) is 0 Å². The number of rotatable bonds is 2. The summed E-state index contributed by atoms with van der Waals surface area (Å²) in [6, 6.07) is 8.25. The van der Waals surface area contributed by atoms with Crippen LogP contribution in [-0.4, -0.2) is 23.6 Å². The third-order valence-electron chi connectivity index (χ3n) is 3.30. The second-order valence-corrected chi connectivity index (χ2v) is 4.71. The molecule has 0 fully saturated rings. The summed E-state index contributed by atoms with van der Waals surface area (Å²) < 4.78 is 5.64. The molecule has 1 N–H and O–H groups in total. The Morgan fingerprint density at radius 1 is 1.21 bits per heavy atom. The van der Waals surface area contributed by atoms with Gasteiger partial charge in [0.15, 0.2) is 0 Å². The Hall–Kier alpha value is -2.10. The van der Waals surface area contributed by atoms with Gasteiger partial charge in [-0.1, -0.05) is 0 Å². The number of anilines is 1. The third kappa shape index (κ3) is 2.38. The van der Waals surface area contributed by atoms with E-state index in [1.54, 1.807) is 0 Å². The molecule has 0 amide bonds. The molecule has 3 rings (SSSR count). The van der Waals surface area contributed by atoms with Crippen molar-refractivity contribution in [2.75, 3.05) is 19.0 Å². The van der Waals surface area contributed by atoms with Gasteiger partial charge < -0.3 is 10.1 Å². The maximum absolute atomic E-state index is 5.64.